The lowest BCUT2D eigenvalue weighted by Crippen LogP contribution is -2.53. The van der Waals surface area contributed by atoms with Gasteiger partial charge in [0, 0.05) is 32.7 Å². The molecule has 4 nitrogen and oxygen atoms in total. The summed E-state index contributed by atoms with van der Waals surface area (Å²) < 4.78 is 36.5. The van der Waals surface area contributed by atoms with Crippen molar-refractivity contribution >= 4 is 5.91 Å². The average molecular weight is 296 g/mol. The highest BCUT2D eigenvalue weighted by atomic mass is 19.4. The number of aliphatic hydroxyl groups is 1. The maximum atomic E-state index is 12.2. The van der Waals surface area contributed by atoms with Gasteiger partial charge in [-0.05, 0) is 12.8 Å². The van der Waals surface area contributed by atoms with Crippen LogP contribution < -0.4 is 0 Å². The first-order valence-corrected chi connectivity index (χ1v) is 6.98. The Hall–Kier alpha value is -0.820. The summed E-state index contributed by atoms with van der Waals surface area (Å²) in [4.78, 5) is 14.7. The highest BCUT2D eigenvalue weighted by Crippen LogP contribution is 2.22. The summed E-state index contributed by atoms with van der Waals surface area (Å²) >= 11 is 0. The van der Waals surface area contributed by atoms with Gasteiger partial charge in [-0.1, -0.05) is 13.8 Å². The van der Waals surface area contributed by atoms with Crippen LogP contribution in [0.5, 0.6) is 0 Å². The second-order valence-corrected chi connectivity index (χ2v) is 5.38. The molecule has 1 saturated heterocycles. The SMILES string of the molecule is CCC(O)(CC)CN1CCN(C(=O)CC(F)(F)F)CC1. The molecule has 1 aliphatic heterocycles. The molecule has 0 aromatic carbocycles. The molecule has 1 amide bonds. The van der Waals surface area contributed by atoms with Crippen molar-refractivity contribution in [3.63, 3.8) is 0 Å². The Bertz CT molecular complexity index is 322. The summed E-state index contributed by atoms with van der Waals surface area (Å²) in [5, 5.41) is 10.2. The van der Waals surface area contributed by atoms with Crippen LogP contribution in [0.1, 0.15) is 33.1 Å². The summed E-state index contributed by atoms with van der Waals surface area (Å²) in [5.74, 6) is -0.863. The van der Waals surface area contributed by atoms with Crippen molar-refractivity contribution in [1.82, 2.24) is 9.80 Å². The summed E-state index contributed by atoms with van der Waals surface area (Å²) in [6, 6.07) is 0. The molecule has 1 N–H and O–H groups in total. The Morgan fingerprint density at radius 3 is 2.00 bits per heavy atom. The summed E-state index contributed by atoms with van der Waals surface area (Å²) in [7, 11) is 0. The van der Waals surface area contributed by atoms with E-state index in [2.05, 4.69) is 0 Å². The largest absolute Gasteiger partial charge is 0.397 e. The van der Waals surface area contributed by atoms with Crippen LogP contribution in [0, 0.1) is 0 Å². The predicted molar refractivity (Wildman–Crippen MR) is 69.2 cm³/mol. The van der Waals surface area contributed by atoms with Gasteiger partial charge in [0.1, 0.15) is 6.42 Å². The van der Waals surface area contributed by atoms with Gasteiger partial charge in [-0.25, -0.2) is 0 Å². The molecule has 0 aliphatic carbocycles. The Morgan fingerprint density at radius 2 is 1.60 bits per heavy atom. The van der Waals surface area contributed by atoms with E-state index in [1.807, 2.05) is 18.7 Å². The van der Waals surface area contributed by atoms with Crippen LogP contribution in [0.15, 0.2) is 0 Å². The number of halogens is 3. The van der Waals surface area contributed by atoms with Crippen molar-refractivity contribution in [2.24, 2.45) is 0 Å². The number of carbonyl (C=O) groups excluding carboxylic acids is 1. The second-order valence-electron chi connectivity index (χ2n) is 5.38. The molecular formula is C13H23F3N2O2. The third-order valence-corrected chi connectivity index (χ3v) is 3.91. The van der Waals surface area contributed by atoms with Crippen molar-refractivity contribution in [2.45, 2.75) is 44.9 Å². The van der Waals surface area contributed by atoms with E-state index in [-0.39, 0.29) is 0 Å². The number of hydrogen-bond donors (Lipinski definition) is 1. The molecule has 1 aliphatic rings. The fourth-order valence-corrected chi connectivity index (χ4v) is 2.33. The van der Waals surface area contributed by atoms with Crippen LogP contribution >= 0.6 is 0 Å². The van der Waals surface area contributed by atoms with Crippen LogP contribution in [0.2, 0.25) is 0 Å². The average Bonchev–Trinajstić information content (AvgIpc) is 2.37. The third kappa shape index (κ3) is 5.28. The van der Waals surface area contributed by atoms with Gasteiger partial charge >= 0.3 is 6.18 Å². The number of piperazine rings is 1. The minimum atomic E-state index is -4.45. The van der Waals surface area contributed by atoms with E-state index in [0.29, 0.717) is 45.6 Å². The lowest BCUT2D eigenvalue weighted by Gasteiger charge is -2.39. The molecule has 0 spiro atoms. The van der Waals surface area contributed by atoms with E-state index < -0.39 is 24.1 Å². The van der Waals surface area contributed by atoms with E-state index in [9.17, 15) is 23.1 Å². The molecule has 1 rings (SSSR count). The van der Waals surface area contributed by atoms with Crippen LogP contribution in [-0.2, 0) is 4.79 Å². The Kier molecular flexibility index (Phi) is 5.82. The Balaban J connectivity index is 2.42. The molecule has 1 heterocycles. The molecule has 1 fully saturated rings. The molecule has 0 bridgehead atoms. The lowest BCUT2D eigenvalue weighted by atomic mass is 9.96. The van der Waals surface area contributed by atoms with Crippen LogP contribution in [0.25, 0.3) is 0 Å². The molecule has 20 heavy (non-hydrogen) atoms. The fourth-order valence-electron chi connectivity index (χ4n) is 2.33. The minimum Gasteiger partial charge on any atom is -0.389 e. The van der Waals surface area contributed by atoms with E-state index in [0.717, 1.165) is 0 Å². The number of β-amino-alcohol motifs (C(OH)–C–C–N with tert-alkyl or cyclic N) is 1. The van der Waals surface area contributed by atoms with E-state index >= 15 is 0 Å². The van der Waals surface area contributed by atoms with E-state index in [1.165, 1.54) is 4.90 Å². The van der Waals surface area contributed by atoms with Crippen LogP contribution in [0.4, 0.5) is 13.2 Å². The second kappa shape index (κ2) is 6.76. The monoisotopic (exact) mass is 296 g/mol. The molecule has 0 atom stereocenters. The molecule has 0 radical (unpaired) electrons. The van der Waals surface area contributed by atoms with Gasteiger partial charge in [0.05, 0.1) is 5.60 Å². The maximum Gasteiger partial charge on any atom is 0.397 e. The topological polar surface area (TPSA) is 43.8 Å². The minimum absolute atomic E-state index is 0.290. The zero-order valence-corrected chi connectivity index (χ0v) is 12.0. The maximum absolute atomic E-state index is 12.2. The van der Waals surface area contributed by atoms with Crippen molar-refractivity contribution < 1.29 is 23.1 Å². The summed E-state index contributed by atoms with van der Waals surface area (Å²) in [6.45, 7) is 5.91. The molecule has 0 unspecified atom stereocenters. The number of amides is 1. The van der Waals surface area contributed by atoms with Gasteiger partial charge in [-0.3, -0.25) is 9.69 Å². The quantitative estimate of drug-likeness (QED) is 0.838. The van der Waals surface area contributed by atoms with Gasteiger partial charge in [-0.2, -0.15) is 13.2 Å². The number of nitrogens with zero attached hydrogens (tertiary/aromatic N) is 2. The van der Waals surface area contributed by atoms with Crippen molar-refractivity contribution in [3.05, 3.63) is 0 Å². The van der Waals surface area contributed by atoms with Gasteiger partial charge < -0.3 is 10.0 Å². The first-order valence-electron chi connectivity index (χ1n) is 6.98. The summed E-state index contributed by atoms with van der Waals surface area (Å²) in [6.07, 6.45) is -4.56. The zero-order chi connectivity index (χ0) is 15.4. The normalized spacial score (nSPS) is 18.4. The molecule has 0 aromatic rings. The van der Waals surface area contributed by atoms with Crippen molar-refractivity contribution in [1.29, 1.82) is 0 Å². The van der Waals surface area contributed by atoms with Crippen molar-refractivity contribution in [3.8, 4) is 0 Å². The Morgan fingerprint density at radius 1 is 1.10 bits per heavy atom. The first-order chi connectivity index (χ1) is 9.19. The molecule has 0 saturated carbocycles. The van der Waals surface area contributed by atoms with E-state index in [4.69, 9.17) is 0 Å². The number of rotatable bonds is 5. The fraction of sp³-hybridized carbons (Fsp3) is 0.923. The van der Waals surface area contributed by atoms with Gasteiger partial charge in [0.25, 0.3) is 0 Å². The van der Waals surface area contributed by atoms with Gasteiger partial charge in [-0.15, -0.1) is 0 Å². The molecular weight excluding hydrogens is 273 g/mol. The van der Waals surface area contributed by atoms with E-state index in [1.54, 1.807) is 0 Å². The van der Waals surface area contributed by atoms with Crippen molar-refractivity contribution in [2.75, 3.05) is 32.7 Å². The third-order valence-electron chi connectivity index (χ3n) is 3.91. The van der Waals surface area contributed by atoms with Gasteiger partial charge in [0.15, 0.2) is 0 Å². The van der Waals surface area contributed by atoms with Crippen LogP contribution in [0.3, 0.4) is 0 Å². The highest BCUT2D eigenvalue weighted by Gasteiger charge is 2.35. The smallest absolute Gasteiger partial charge is 0.389 e. The van der Waals surface area contributed by atoms with Crippen LogP contribution in [-0.4, -0.2) is 65.3 Å². The molecule has 118 valence electrons. The number of alkyl halides is 3. The predicted octanol–water partition coefficient (Wildman–Crippen LogP) is 1.63. The standard InChI is InChI=1S/C13H23F3N2O2/c1-3-12(20,4-2)10-17-5-7-18(8-6-17)11(19)9-13(14,15)16/h20H,3-10H2,1-2H3. The number of hydrogen-bond acceptors (Lipinski definition) is 3. The summed E-state index contributed by atoms with van der Waals surface area (Å²) in [5.41, 5.74) is -0.752. The zero-order valence-electron chi connectivity index (χ0n) is 12.0. The first kappa shape index (κ1) is 17.2. The molecule has 0 aromatic heterocycles. The Labute approximate surface area is 117 Å². The highest BCUT2D eigenvalue weighted by molar-refractivity contribution is 5.76. The van der Waals surface area contributed by atoms with Gasteiger partial charge in [0.2, 0.25) is 5.91 Å². The molecule has 7 heteroatoms. The number of carbonyl (C=O) groups is 1. The lowest BCUT2D eigenvalue weighted by molar-refractivity contribution is -0.162.